The van der Waals surface area contributed by atoms with Gasteiger partial charge in [-0.1, -0.05) is 33.6 Å². The minimum absolute atomic E-state index is 0.0522. The quantitative estimate of drug-likeness (QED) is 0.473. The molecule has 1 spiro atoms. The molecule has 0 aliphatic carbocycles. The van der Waals surface area contributed by atoms with E-state index in [-0.39, 0.29) is 35.0 Å². The summed E-state index contributed by atoms with van der Waals surface area (Å²) >= 11 is 1.67. The fourth-order valence-electron chi connectivity index (χ4n) is 5.88. The molecule has 8 heteroatoms. The summed E-state index contributed by atoms with van der Waals surface area (Å²) in [6.07, 6.45) is 4.18. The molecular weight excluding hydrogens is 402 g/mol. The Morgan fingerprint density at radius 1 is 1.30 bits per heavy atom. The summed E-state index contributed by atoms with van der Waals surface area (Å²) in [5.74, 6) is -1.34. The highest BCUT2D eigenvalue weighted by Gasteiger charge is 2.77. The summed E-state index contributed by atoms with van der Waals surface area (Å²) in [5, 5.41) is 16.0. The van der Waals surface area contributed by atoms with Crippen molar-refractivity contribution in [1.29, 1.82) is 0 Å². The van der Waals surface area contributed by atoms with E-state index in [0.29, 0.717) is 6.54 Å². The van der Waals surface area contributed by atoms with Gasteiger partial charge in [0.25, 0.3) is 0 Å². The van der Waals surface area contributed by atoms with Crippen LogP contribution in [0.25, 0.3) is 0 Å². The predicted molar refractivity (Wildman–Crippen MR) is 118 cm³/mol. The van der Waals surface area contributed by atoms with E-state index in [1.54, 1.807) is 23.7 Å². The summed E-state index contributed by atoms with van der Waals surface area (Å²) in [4.78, 5) is 41.9. The fraction of sp³-hybridized carbons (Fsp3) is 0.864. The maximum atomic E-state index is 13.9. The molecule has 0 aromatic heterocycles. The van der Waals surface area contributed by atoms with Gasteiger partial charge in [-0.2, -0.15) is 0 Å². The van der Waals surface area contributed by atoms with E-state index < -0.39 is 28.7 Å². The summed E-state index contributed by atoms with van der Waals surface area (Å²) in [7, 11) is 1.61. The summed E-state index contributed by atoms with van der Waals surface area (Å²) in [6, 6.07) is -1.08. The van der Waals surface area contributed by atoms with Gasteiger partial charge in [0, 0.05) is 18.3 Å². The Morgan fingerprint density at radius 2 is 2.00 bits per heavy atom. The normalized spacial score (nSPS) is 36.5. The fourth-order valence-corrected chi connectivity index (χ4v) is 8.22. The number of thioether (sulfide) groups is 1. The Labute approximate surface area is 184 Å². The number of fused-ring (bicyclic) bond motifs is 1. The zero-order chi connectivity index (χ0) is 22.3. The topological polar surface area (TPSA) is 98.7 Å². The monoisotopic (exact) mass is 439 g/mol. The van der Waals surface area contributed by atoms with Crippen LogP contribution in [0.1, 0.15) is 59.8 Å². The average molecular weight is 440 g/mol. The number of rotatable bonds is 9. The molecule has 3 fully saturated rings. The van der Waals surface area contributed by atoms with Gasteiger partial charge in [0.15, 0.2) is 0 Å². The average Bonchev–Trinajstić information content (AvgIpc) is 3.29. The van der Waals surface area contributed by atoms with Crippen molar-refractivity contribution < 1.29 is 19.5 Å². The van der Waals surface area contributed by atoms with Crippen molar-refractivity contribution in [2.75, 3.05) is 20.2 Å². The number of unbranched alkanes of at least 4 members (excludes halogenated alkanes) is 1. The lowest BCUT2D eigenvalue weighted by Gasteiger charge is -2.39. The van der Waals surface area contributed by atoms with Gasteiger partial charge < -0.3 is 20.6 Å². The van der Waals surface area contributed by atoms with Crippen molar-refractivity contribution in [2.45, 2.75) is 81.4 Å². The first kappa shape index (κ1) is 23.4. The van der Waals surface area contributed by atoms with E-state index in [1.807, 2.05) is 13.8 Å². The lowest BCUT2D eigenvalue weighted by molar-refractivity contribution is -0.144. The zero-order valence-corrected chi connectivity index (χ0v) is 19.7. The first-order chi connectivity index (χ1) is 14.2. The number of nitrogens with zero attached hydrogens (tertiary/aromatic N) is 1. The van der Waals surface area contributed by atoms with Crippen LogP contribution in [-0.2, 0) is 14.4 Å². The number of carbonyl (C=O) groups is 3. The SMILES string of the molecule is CCCCNC(=O)C1N([C@@H](CO)[C@@H](C)CC)C(=O)[C@@H]2[C@H](C(=O)NC)[C@]3(C)CCC12S3. The van der Waals surface area contributed by atoms with Crippen molar-refractivity contribution in [1.82, 2.24) is 15.5 Å². The van der Waals surface area contributed by atoms with E-state index in [1.165, 1.54) is 0 Å². The molecule has 7 nitrogen and oxygen atoms in total. The zero-order valence-electron chi connectivity index (χ0n) is 18.9. The Kier molecular flexibility index (Phi) is 6.77. The number of hydrogen-bond acceptors (Lipinski definition) is 5. The van der Waals surface area contributed by atoms with Gasteiger partial charge in [-0.15, -0.1) is 11.8 Å². The molecule has 2 bridgehead atoms. The summed E-state index contributed by atoms with van der Waals surface area (Å²) in [6.45, 7) is 8.55. The van der Waals surface area contributed by atoms with Gasteiger partial charge in [-0.05, 0) is 32.1 Å². The molecule has 30 heavy (non-hydrogen) atoms. The number of carbonyl (C=O) groups excluding carboxylic acids is 3. The second kappa shape index (κ2) is 8.69. The molecule has 0 saturated carbocycles. The third-order valence-corrected chi connectivity index (χ3v) is 9.65. The molecule has 3 aliphatic heterocycles. The van der Waals surface area contributed by atoms with Crippen LogP contribution in [-0.4, -0.2) is 69.5 Å². The number of aliphatic hydroxyl groups is 1. The Hall–Kier alpha value is -1.28. The molecule has 170 valence electrons. The van der Waals surface area contributed by atoms with E-state index in [9.17, 15) is 19.5 Å². The molecule has 3 heterocycles. The summed E-state index contributed by atoms with van der Waals surface area (Å²) < 4.78 is -0.959. The maximum absolute atomic E-state index is 13.9. The van der Waals surface area contributed by atoms with Crippen LogP contribution in [0.15, 0.2) is 0 Å². The van der Waals surface area contributed by atoms with Crippen molar-refractivity contribution in [3.8, 4) is 0 Å². The molecule has 7 atom stereocenters. The van der Waals surface area contributed by atoms with Crippen molar-refractivity contribution in [3.05, 3.63) is 0 Å². The Balaban J connectivity index is 2.06. The Morgan fingerprint density at radius 3 is 2.57 bits per heavy atom. The highest BCUT2D eigenvalue weighted by atomic mass is 32.2. The first-order valence-corrected chi connectivity index (χ1v) is 12.2. The number of aliphatic hydroxyl groups excluding tert-OH is 1. The van der Waals surface area contributed by atoms with Crippen LogP contribution in [0.3, 0.4) is 0 Å². The van der Waals surface area contributed by atoms with Crippen LogP contribution < -0.4 is 10.6 Å². The van der Waals surface area contributed by atoms with Gasteiger partial charge in [0.2, 0.25) is 17.7 Å². The predicted octanol–water partition coefficient (Wildman–Crippen LogP) is 1.54. The molecule has 0 aromatic carbocycles. The van der Waals surface area contributed by atoms with Crippen LogP contribution in [0.5, 0.6) is 0 Å². The van der Waals surface area contributed by atoms with E-state index in [2.05, 4.69) is 24.5 Å². The Bertz CT molecular complexity index is 704. The second-order valence-corrected chi connectivity index (χ2v) is 11.3. The van der Waals surface area contributed by atoms with Crippen molar-refractivity contribution in [2.24, 2.45) is 17.8 Å². The van der Waals surface area contributed by atoms with Gasteiger partial charge >= 0.3 is 0 Å². The molecule has 0 aromatic rings. The van der Waals surface area contributed by atoms with Gasteiger partial charge in [-0.25, -0.2) is 0 Å². The maximum Gasteiger partial charge on any atom is 0.244 e. The molecule has 3 N–H and O–H groups in total. The molecule has 3 amide bonds. The third kappa shape index (κ3) is 3.34. The van der Waals surface area contributed by atoms with E-state index >= 15 is 0 Å². The largest absolute Gasteiger partial charge is 0.394 e. The van der Waals surface area contributed by atoms with E-state index in [4.69, 9.17) is 0 Å². The lowest BCUT2D eigenvalue weighted by Crippen LogP contribution is -2.57. The molecule has 3 rings (SSSR count). The highest BCUT2D eigenvalue weighted by Crippen LogP contribution is 2.71. The molecule has 2 unspecified atom stereocenters. The third-order valence-electron chi connectivity index (χ3n) is 7.67. The number of amides is 3. The van der Waals surface area contributed by atoms with Gasteiger partial charge in [-0.3, -0.25) is 14.4 Å². The van der Waals surface area contributed by atoms with Crippen molar-refractivity contribution in [3.63, 3.8) is 0 Å². The van der Waals surface area contributed by atoms with Crippen LogP contribution in [0.2, 0.25) is 0 Å². The van der Waals surface area contributed by atoms with Gasteiger partial charge in [0.1, 0.15) is 6.04 Å². The standard InChI is InChI=1S/C22H37N3O4S/c1-6-8-11-24-19(28)17-22-10-9-21(4,30-22)15(18(27)23-5)16(22)20(29)25(17)14(12-26)13(3)7-2/h13-17,26H,6-12H2,1-5H3,(H,23,27)(H,24,28)/t13-,14-,15+,16-,17?,21-,22?/m0/s1. The highest BCUT2D eigenvalue weighted by molar-refractivity contribution is 8.02. The van der Waals surface area contributed by atoms with Crippen molar-refractivity contribution >= 4 is 29.5 Å². The first-order valence-electron chi connectivity index (χ1n) is 11.3. The summed E-state index contributed by atoms with van der Waals surface area (Å²) in [5.41, 5.74) is 0. The lowest BCUT2D eigenvalue weighted by atomic mass is 9.66. The van der Waals surface area contributed by atoms with E-state index in [0.717, 1.165) is 32.1 Å². The molecule has 3 aliphatic rings. The number of hydrogen-bond donors (Lipinski definition) is 3. The number of likely N-dealkylation sites (tertiary alicyclic amines) is 1. The smallest absolute Gasteiger partial charge is 0.244 e. The second-order valence-electron chi connectivity index (χ2n) is 9.37. The van der Waals surface area contributed by atoms with Crippen LogP contribution >= 0.6 is 11.8 Å². The minimum atomic E-state index is -0.653. The van der Waals surface area contributed by atoms with Gasteiger partial charge in [0.05, 0.1) is 29.2 Å². The minimum Gasteiger partial charge on any atom is -0.394 e. The molecule has 3 saturated heterocycles. The molecular formula is C22H37N3O4S. The van der Waals surface area contributed by atoms with Crippen LogP contribution in [0.4, 0.5) is 0 Å². The van der Waals surface area contributed by atoms with Crippen LogP contribution in [0, 0.1) is 17.8 Å². The number of nitrogens with one attached hydrogen (secondary N) is 2. The molecule has 0 radical (unpaired) electrons.